The largest absolute Gasteiger partial charge is 0.506 e. The van der Waals surface area contributed by atoms with Gasteiger partial charge in [0, 0.05) is 76.2 Å². The molecule has 5 aliphatic rings. The van der Waals surface area contributed by atoms with E-state index in [1.54, 1.807) is 30.4 Å². The topological polar surface area (TPSA) is 154 Å². The first-order chi connectivity index (χ1) is 32.9. The second-order valence-corrected chi connectivity index (χ2v) is 21.4. The average molecular weight is 941 g/mol. The molecule has 4 aliphatic heterocycles. The van der Waals surface area contributed by atoms with Gasteiger partial charge in [0.05, 0.1) is 49.1 Å². The summed E-state index contributed by atoms with van der Waals surface area (Å²) in [5.41, 5.74) is 10.4. The Morgan fingerprint density at radius 3 is 1.89 bits per heavy atom. The van der Waals surface area contributed by atoms with E-state index >= 15 is 0 Å². The molecular formula is C58H60N4O8+2. The fourth-order valence-electron chi connectivity index (χ4n) is 12.2. The Morgan fingerprint density at radius 1 is 0.686 bits per heavy atom. The first-order valence-corrected chi connectivity index (χ1v) is 23.9. The van der Waals surface area contributed by atoms with Crippen molar-refractivity contribution in [1.29, 1.82) is 0 Å². The Bertz CT molecular complexity index is 3630. The highest BCUT2D eigenvalue weighted by atomic mass is 17.1. The Morgan fingerprint density at radius 2 is 1.27 bits per heavy atom. The van der Waals surface area contributed by atoms with Crippen LogP contribution in [0.3, 0.4) is 0 Å². The summed E-state index contributed by atoms with van der Waals surface area (Å²) in [6.07, 6.45) is 7.24. The summed E-state index contributed by atoms with van der Waals surface area (Å²) in [6, 6.07) is 19.6. The van der Waals surface area contributed by atoms with Crippen molar-refractivity contribution in [1.82, 2.24) is 0 Å². The number of rotatable bonds is 9. The van der Waals surface area contributed by atoms with E-state index in [1.165, 1.54) is 0 Å². The zero-order valence-electron chi connectivity index (χ0n) is 41.9. The van der Waals surface area contributed by atoms with Gasteiger partial charge in [-0.05, 0) is 94.7 Å². The zero-order valence-corrected chi connectivity index (χ0v) is 41.9. The van der Waals surface area contributed by atoms with E-state index in [9.17, 15) is 29.7 Å². The number of aromatic carboxylic acids is 1. The van der Waals surface area contributed by atoms with Crippen molar-refractivity contribution in [3.63, 3.8) is 0 Å². The molecule has 4 heterocycles. The molecule has 0 bridgehead atoms. The van der Waals surface area contributed by atoms with Crippen LogP contribution in [0, 0.1) is 0 Å². The Balaban J connectivity index is 1.02. The predicted molar refractivity (Wildman–Crippen MR) is 276 cm³/mol. The summed E-state index contributed by atoms with van der Waals surface area (Å²) < 4.78 is 4.15. The number of aliphatic hydroxyl groups excluding tert-OH is 2. The molecule has 70 heavy (non-hydrogen) atoms. The van der Waals surface area contributed by atoms with Gasteiger partial charge in [0.1, 0.15) is 31.7 Å². The second-order valence-electron chi connectivity index (χ2n) is 21.4. The molecule has 10 rings (SSSR count). The molecular weight excluding hydrogens is 881 g/mol. The molecule has 0 atom stereocenters. The van der Waals surface area contributed by atoms with E-state index in [2.05, 4.69) is 98.9 Å². The smallest absolute Gasteiger partial charge is 0.335 e. The lowest BCUT2D eigenvalue weighted by molar-refractivity contribution is -0.430. The van der Waals surface area contributed by atoms with E-state index < -0.39 is 27.6 Å². The van der Waals surface area contributed by atoms with Crippen LogP contribution in [0.15, 0.2) is 116 Å². The average Bonchev–Trinajstić information content (AvgIpc) is 3.84. The first-order valence-electron chi connectivity index (χ1n) is 23.9. The fraction of sp³-hybridized carbons (Fsp3) is 0.328. The van der Waals surface area contributed by atoms with Gasteiger partial charge < -0.3 is 25.1 Å². The molecule has 0 saturated carbocycles. The summed E-state index contributed by atoms with van der Waals surface area (Å²) in [5, 5.41) is 44.5. The Kier molecular flexibility index (Phi) is 10.3. The molecule has 12 heteroatoms. The van der Waals surface area contributed by atoms with Crippen molar-refractivity contribution in [3.8, 4) is 0 Å². The summed E-state index contributed by atoms with van der Waals surface area (Å²) in [6.45, 7) is 22.2. The zero-order chi connectivity index (χ0) is 50.5. The summed E-state index contributed by atoms with van der Waals surface area (Å²) in [4.78, 5) is 48.7. The lowest BCUT2D eigenvalue weighted by atomic mass is 9.79. The number of carboxylic acid groups (broad SMARTS) is 1. The lowest BCUT2D eigenvalue weighted by Crippen LogP contribution is -2.65. The monoisotopic (exact) mass is 940 g/mol. The van der Waals surface area contributed by atoms with Crippen LogP contribution >= 0.6 is 0 Å². The minimum absolute atomic E-state index is 0.0247. The molecule has 358 valence electrons. The van der Waals surface area contributed by atoms with E-state index in [0.717, 1.165) is 84.2 Å². The van der Waals surface area contributed by atoms with Gasteiger partial charge in [0.25, 0.3) is 0 Å². The Labute approximate surface area is 406 Å². The van der Waals surface area contributed by atoms with Crippen molar-refractivity contribution >= 4 is 63.1 Å². The Hall–Kier alpha value is -7.15. The van der Waals surface area contributed by atoms with Crippen LogP contribution in [0.1, 0.15) is 107 Å². The van der Waals surface area contributed by atoms with Crippen molar-refractivity contribution in [2.45, 2.75) is 97.5 Å². The molecule has 0 aromatic heterocycles. The van der Waals surface area contributed by atoms with Gasteiger partial charge in [-0.3, -0.25) is 14.8 Å². The van der Waals surface area contributed by atoms with E-state index in [0.29, 0.717) is 24.2 Å². The van der Waals surface area contributed by atoms with Crippen molar-refractivity contribution in [2.24, 2.45) is 0 Å². The van der Waals surface area contributed by atoms with Crippen LogP contribution in [-0.2, 0) is 33.2 Å². The number of likely N-dealkylation sites (N-methyl/N-ethyl adjacent to an activating group) is 2. The lowest BCUT2D eigenvalue weighted by Gasteiger charge is -2.30. The molecule has 0 radical (unpaired) electrons. The third kappa shape index (κ3) is 6.18. The van der Waals surface area contributed by atoms with Gasteiger partial charge in [0.2, 0.25) is 22.2 Å². The SMILES string of the molecule is CCN1C(=CC2=C(O)C(C=C3N(C)c4ccc(COO)cc4C3(C)C)=C2O)C(C)(C)c2ccc3c4c(ccc3c21)C(C)(C)C(C=c1c(=O)c(=CC2=[N+](C)c3ccc(C(=O)O)cc3C2(C)C)c1=O)=[N+]4CC. The summed E-state index contributed by atoms with van der Waals surface area (Å²) in [7, 11) is 3.84. The van der Waals surface area contributed by atoms with Gasteiger partial charge in [0.15, 0.2) is 11.4 Å². The van der Waals surface area contributed by atoms with Crippen LogP contribution in [0.25, 0.3) is 22.9 Å². The molecule has 4 N–H and O–H groups in total. The van der Waals surface area contributed by atoms with Gasteiger partial charge in [-0.1, -0.05) is 58.0 Å². The number of benzene rings is 4. The van der Waals surface area contributed by atoms with Gasteiger partial charge in [-0.2, -0.15) is 9.15 Å². The molecule has 12 nitrogen and oxygen atoms in total. The fourth-order valence-corrected chi connectivity index (χ4v) is 12.2. The third-order valence-electron chi connectivity index (χ3n) is 16.3. The molecule has 5 aromatic carbocycles. The quantitative estimate of drug-likeness (QED) is 0.0644. The number of fused-ring (bicyclic) bond motifs is 7. The number of hydrogen-bond acceptors (Lipinski definition) is 9. The normalized spacial score (nSPS) is 20.3. The number of carbonyl (C=O) groups is 1. The molecule has 5 aromatic rings. The maximum absolute atomic E-state index is 14.0. The van der Waals surface area contributed by atoms with E-state index in [4.69, 9.17) is 5.26 Å². The van der Waals surface area contributed by atoms with E-state index in [-0.39, 0.29) is 45.0 Å². The van der Waals surface area contributed by atoms with Crippen LogP contribution in [0.5, 0.6) is 0 Å². The van der Waals surface area contributed by atoms with Crippen LogP contribution in [0.4, 0.5) is 22.7 Å². The standard InChI is InChI=1S/C58H58N4O8/c1-13-61-46(27-36-50(63)34(51(36)64)25-44-57(7,8)40-23-30(29-70-69)15-21-42(40)59(44)11)55(3,4)38-19-17-33-32(48(38)61)18-20-39-49(33)62(14-2)47(56(39,5)6)28-37-52(65)35(53(37)66)26-45-58(9,10)41-24-31(54(67)68)16-22-43(41)60(45)12/h15-28H,13-14,29H2,1-12H3,(H2-2,63,64,67,68,69)/p+2. The highest BCUT2D eigenvalue weighted by Gasteiger charge is 2.49. The summed E-state index contributed by atoms with van der Waals surface area (Å²) >= 11 is 0. The number of carboxylic acids is 1. The van der Waals surface area contributed by atoms with Gasteiger partial charge in [-0.15, -0.1) is 0 Å². The first kappa shape index (κ1) is 46.6. The molecule has 0 unspecified atom stereocenters. The minimum Gasteiger partial charge on any atom is -0.506 e. The summed E-state index contributed by atoms with van der Waals surface area (Å²) in [5.74, 6) is -0.967. The second kappa shape index (κ2) is 15.4. The highest BCUT2D eigenvalue weighted by Crippen LogP contribution is 2.55. The molecule has 0 amide bonds. The van der Waals surface area contributed by atoms with Gasteiger partial charge >= 0.3 is 5.97 Å². The number of nitrogens with zero attached hydrogens (tertiary/aromatic N) is 4. The van der Waals surface area contributed by atoms with Crippen LogP contribution in [0.2, 0.25) is 0 Å². The van der Waals surface area contributed by atoms with Crippen LogP contribution in [-0.4, -0.2) is 74.3 Å². The van der Waals surface area contributed by atoms with Crippen molar-refractivity contribution in [2.75, 3.05) is 37.0 Å². The highest BCUT2D eigenvalue weighted by molar-refractivity contribution is 6.19. The molecule has 0 spiro atoms. The third-order valence-corrected chi connectivity index (χ3v) is 16.3. The number of allylic oxidation sites excluding steroid dienone is 4. The molecule has 1 aliphatic carbocycles. The molecule has 0 fully saturated rings. The maximum atomic E-state index is 14.0. The number of anilines is 2. The predicted octanol–water partition coefficient (Wildman–Crippen LogP) is 8.44. The maximum Gasteiger partial charge on any atom is 0.335 e. The minimum atomic E-state index is -1.02. The van der Waals surface area contributed by atoms with E-state index in [1.807, 2.05) is 62.9 Å². The van der Waals surface area contributed by atoms with Gasteiger partial charge in [-0.25, -0.2) is 9.68 Å². The van der Waals surface area contributed by atoms with Crippen molar-refractivity contribution in [3.05, 3.63) is 171 Å². The van der Waals surface area contributed by atoms with Crippen molar-refractivity contribution < 1.29 is 39.4 Å². The number of aliphatic hydroxyl groups is 2. The van der Waals surface area contributed by atoms with Crippen LogP contribution < -0.4 is 31.1 Å². The molecule has 0 saturated heterocycles. The number of hydrogen-bond donors (Lipinski definition) is 4.